The number of urea groups is 1. The summed E-state index contributed by atoms with van der Waals surface area (Å²) in [5.41, 5.74) is 5.60. The van der Waals surface area contributed by atoms with E-state index in [-0.39, 0.29) is 6.03 Å². The van der Waals surface area contributed by atoms with Crippen LogP contribution in [-0.2, 0) is 0 Å². The number of nitrogens with zero attached hydrogens (tertiary/aromatic N) is 2. The first-order valence-corrected chi connectivity index (χ1v) is 5.39. The van der Waals surface area contributed by atoms with Crippen molar-refractivity contribution in [2.45, 2.75) is 19.8 Å². The predicted molar refractivity (Wildman–Crippen MR) is 57.1 cm³/mol. The van der Waals surface area contributed by atoms with E-state index in [9.17, 15) is 4.79 Å². The van der Waals surface area contributed by atoms with Gasteiger partial charge in [-0.1, -0.05) is 0 Å². The highest BCUT2D eigenvalue weighted by Crippen LogP contribution is 2.16. The average Bonchev–Trinajstić information content (AvgIpc) is 2.27. The quantitative estimate of drug-likeness (QED) is 0.712. The fraction of sp³-hybridized carbons (Fsp3) is 0.900. The minimum absolute atomic E-state index is 0.156. The minimum atomic E-state index is 0.156. The SMILES string of the molecule is CCN(C)C(=O)N1CCC(CN)CC1. The van der Waals surface area contributed by atoms with Crippen molar-refractivity contribution in [2.24, 2.45) is 11.7 Å². The lowest BCUT2D eigenvalue weighted by Crippen LogP contribution is -2.45. The van der Waals surface area contributed by atoms with E-state index in [1.54, 1.807) is 4.90 Å². The molecule has 0 atom stereocenters. The molecule has 4 nitrogen and oxygen atoms in total. The number of rotatable bonds is 2. The number of amides is 2. The van der Waals surface area contributed by atoms with Crippen LogP contribution in [0.25, 0.3) is 0 Å². The van der Waals surface area contributed by atoms with Crippen LogP contribution in [0.4, 0.5) is 4.79 Å². The number of piperidine rings is 1. The summed E-state index contributed by atoms with van der Waals surface area (Å²) in [6.07, 6.45) is 2.11. The van der Waals surface area contributed by atoms with Crippen molar-refractivity contribution in [3.63, 3.8) is 0 Å². The van der Waals surface area contributed by atoms with Gasteiger partial charge in [0, 0.05) is 26.7 Å². The molecule has 1 heterocycles. The second kappa shape index (κ2) is 5.20. The summed E-state index contributed by atoms with van der Waals surface area (Å²) in [7, 11) is 1.84. The molecule has 1 aliphatic rings. The van der Waals surface area contributed by atoms with Crippen LogP contribution in [0.3, 0.4) is 0 Å². The van der Waals surface area contributed by atoms with E-state index in [1.807, 2.05) is 18.9 Å². The summed E-state index contributed by atoms with van der Waals surface area (Å²) in [6, 6.07) is 0.156. The van der Waals surface area contributed by atoms with Gasteiger partial charge in [0.25, 0.3) is 0 Å². The van der Waals surface area contributed by atoms with Crippen molar-refractivity contribution in [3.8, 4) is 0 Å². The molecule has 0 unspecified atom stereocenters. The molecule has 0 aromatic heterocycles. The molecule has 0 aliphatic carbocycles. The lowest BCUT2D eigenvalue weighted by molar-refractivity contribution is 0.143. The predicted octanol–water partition coefficient (Wildman–Crippen LogP) is 0.729. The molecule has 0 radical (unpaired) electrons. The van der Waals surface area contributed by atoms with Crippen LogP contribution in [-0.4, -0.2) is 49.1 Å². The Bertz CT molecular complexity index is 188. The highest BCUT2D eigenvalue weighted by molar-refractivity contribution is 5.74. The zero-order chi connectivity index (χ0) is 10.6. The van der Waals surface area contributed by atoms with E-state index in [4.69, 9.17) is 5.73 Å². The van der Waals surface area contributed by atoms with Crippen molar-refractivity contribution >= 4 is 6.03 Å². The molecule has 14 heavy (non-hydrogen) atoms. The molecule has 1 rings (SSSR count). The van der Waals surface area contributed by atoms with E-state index in [1.165, 1.54) is 0 Å². The Morgan fingerprint density at radius 3 is 2.50 bits per heavy atom. The summed E-state index contributed by atoms with van der Waals surface area (Å²) >= 11 is 0. The highest BCUT2D eigenvalue weighted by Gasteiger charge is 2.23. The standard InChI is InChI=1S/C10H21N3O/c1-3-12(2)10(14)13-6-4-9(8-11)5-7-13/h9H,3-8,11H2,1-2H3. The van der Waals surface area contributed by atoms with E-state index in [0.29, 0.717) is 5.92 Å². The first-order chi connectivity index (χ1) is 6.69. The molecule has 1 aliphatic heterocycles. The number of hydrogen-bond donors (Lipinski definition) is 1. The summed E-state index contributed by atoms with van der Waals surface area (Å²) in [5.74, 6) is 0.617. The molecule has 2 N–H and O–H groups in total. The minimum Gasteiger partial charge on any atom is -0.330 e. The van der Waals surface area contributed by atoms with Crippen molar-refractivity contribution in [1.29, 1.82) is 0 Å². The lowest BCUT2D eigenvalue weighted by Gasteiger charge is -2.33. The summed E-state index contributed by atoms with van der Waals surface area (Å²) < 4.78 is 0. The molecule has 0 saturated carbocycles. The van der Waals surface area contributed by atoms with Crippen LogP contribution in [0.5, 0.6) is 0 Å². The third-order valence-corrected chi connectivity index (χ3v) is 3.02. The van der Waals surface area contributed by atoms with Crippen LogP contribution in [0.15, 0.2) is 0 Å². The maximum Gasteiger partial charge on any atom is 0.319 e. The molecule has 0 spiro atoms. The van der Waals surface area contributed by atoms with Gasteiger partial charge in [0.15, 0.2) is 0 Å². The zero-order valence-corrected chi connectivity index (χ0v) is 9.20. The van der Waals surface area contributed by atoms with Crippen LogP contribution in [0, 0.1) is 5.92 Å². The molecule has 82 valence electrons. The third-order valence-electron chi connectivity index (χ3n) is 3.02. The van der Waals surface area contributed by atoms with Gasteiger partial charge in [-0.2, -0.15) is 0 Å². The molecule has 0 bridgehead atoms. The van der Waals surface area contributed by atoms with Gasteiger partial charge in [0.05, 0.1) is 0 Å². The number of hydrogen-bond acceptors (Lipinski definition) is 2. The Hall–Kier alpha value is -0.770. The smallest absolute Gasteiger partial charge is 0.319 e. The first-order valence-electron chi connectivity index (χ1n) is 5.39. The monoisotopic (exact) mass is 199 g/mol. The second-order valence-electron chi connectivity index (χ2n) is 3.96. The molecular weight excluding hydrogens is 178 g/mol. The number of likely N-dealkylation sites (tertiary alicyclic amines) is 1. The van der Waals surface area contributed by atoms with Gasteiger partial charge >= 0.3 is 6.03 Å². The van der Waals surface area contributed by atoms with Gasteiger partial charge in [0.2, 0.25) is 0 Å². The Labute approximate surface area is 86.0 Å². The lowest BCUT2D eigenvalue weighted by atomic mass is 9.97. The maximum atomic E-state index is 11.7. The summed E-state index contributed by atoms with van der Waals surface area (Å²) in [4.78, 5) is 15.4. The largest absolute Gasteiger partial charge is 0.330 e. The molecular formula is C10H21N3O. The average molecular weight is 199 g/mol. The van der Waals surface area contributed by atoms with Crippen molar-refractivity contribution in [3.05, 3.63) is 0 Å². The van der Waals surface area contributed by atoms with E-state index < -0.39 is 0 Å². The number of nitrogens with two attached hydrogens (primary N) is 1. The number of carbonyl (C=O) groups excluding carboxylic acids is 1. The normalized spacial score (nSPS) is 18.4. The molecule has 0 aromatic rings. The van der Waals surface area contributed by atoms with Gasteiger partial charge in [-0.3, -0.25) is 0 Å². The van der Waals surface area contributed by atoms with Gasteiger partial charge in [-0.15, -0.1) is 0 Å². The Morgan fingerprint density at radius 1 is 1.50 bits per heavy atom. The van der Waals surface area contributed by atoms with Crippen LogP contribution < -0.4 is 5.73 Å². The van der Waals surface area contributed by atoms with E-state index in [0.717, 1.165) is 39.0 Å². The number of carbonyl (C=O) groups is 1. The van der Waals surface area contributed by atoms with Crippen molar-refractivity contribution < 1.29 is 4.79 Å². The van der Waals surface area contributed by atoms with Gasteiger partial charge in [0.1, 0.15) is 0 Å². The van der Waals surface area contributed by atoms with E-state index in [2.05, 4.69) is 0 Å². The summed E-state index contributed by atoms with van der Waals surface area (Å²) in [6.45, 7) is 5.25. The Morgan fingerprint density at radius 2 is 2.07 bits per heavy atom. The molecule has 1 saturated heterocycles. The van der Waals surface area contributed by atoms with Gasteiger partial charge in [-0.05, 0) is 32.2 Å². The van der Waals surface area contributed by atoms with E-state index >= 15 is 0 Å². The first kappa shape index (κ1) is 11.3. The highest BCUT2D eigenvalue weighted by atomic mass is 16.2. The topological polar surface area (TPSA) is 49.6 Å². The zero-order valence-electron chi connectivity index (χ0n) is 9.20. The molecule has 0 aromatic carbocycles. The molecule has 1 fully saturated rings. The second-order valence-corrected chi connectivity index (χ2v) is 3.96. The van der Waals surface area contributed by atoms with Crippen LogP contribution >= 0.6 is 0 Å². The van der Waals surface area contributed by atoms with Crippen molar-refractivity contribution in [2.75, 3.05) is 33.2 Å². The van der Waals surface area contributed by atoms with Crippen molar-refractivity contribution in [1.82, 2.24) is 9.80 Å². The van der Waals surface area contributed by atoms with Crippen LogP contribution in [0.1, 0.15) is 19.8 Å². The third kappa shape index (κ3) is 2.61. The Balaban J connectivity index is 2.37. The van der Waals surface area contributed by atoms with Gasteiger partial charge in [-0.25, -0.2) is 4.79 Å². The van der Waals surface area contributed by atoms with Crippen LogP contribution in [0.2, 0.25) is 0 Å². The molecule has 4 heteroatoms. The molecule has 2 amide bonds. The van der Waals surface area contributed by atoms with Gasteiger partial charge < -0.3 is 15.5 Å². The Kier molecular flexibility index (Phi) is 4.20. The fourth-order valence-electron chi connectivity index (χ4n) is 1.74. The fourth-order valence-corrected chi connectivity index (χ4v) is 1.74. The summed E-state index contributed by atoms with van der Waals surface area (Å²) in [5, 5.41) is 0. The maximum absolute atomic E-state index is 11.7.